The number of hydrogen-bond donors (Lipinski definition) is 1. The summed E-state index contributed by atoms with van der Waals surface area (Å²) in [7, 11) is 0. The number of esters is 1. The van der Waals surface area contributed by atoms with Gasteiger partial charge >= 0.3 is 5.97 Å². The summed E-state index contributed by atoms with van der Waals surface area (Å²) in [4.78, 5) is 24.6. The van der Waals surface area contributed by atoms with E-state index in [0.717, 1.165) is 12.1 Å². The Morgan fingerprint density at radius 2 is 1.93 bits per heavy atom. The summed E-state index contributed by atoms with van der Waals surface area (Å²) in [5, 5.41) is 5.92. The lowest BCUT2D eigenvalue weighted by Gasteiger charge is -2.61. The fourth-order valence-corrected chi connectivity index (χ4v) is 5.14. The molecule has 6 heteroatoms. The van der Waals surface area contributed by atoms with Gasteiger partial charge in [-0.15, -0.1) is 0 Å². The van der Waals surface area contributed by atoms with Gasteiger partial charge in [-0.1, -0.05) is 39.0 Å². The highest BCUT2D eigenvalue weighted by molar-refractivity contribution is 6.38. The zero-order valence-electron chi connectivity index (χ0n) is 16.1. The normalized spacial score (nSPS) is 33.8. The largest absolute Gasteiger partial charge is 0.458 e. The van der Waals surface area contributed by atoms with E-state index in [1.165, 1.54) is 11.4 Å². The number of fused-ring (bicyclic) bond motifs is 2. The van der Waals surface area contributed by atoms with Gasteiger partial charge in [0.2, 0.25) is 5.91 Å². The van der Waals surface area contributed by atoms with Crippen molar-refractivity contribution in [3.8, 4) is 0 Å². The zero-order valence-corrected chi connectivity index (χ0v) is 16.1. The van der Waals surface area contributed by atoms with E-state index in [1.807, 2.05) is 30.3 Å². The monoisotopic (exact) mass is 369 g/mol. The topological polar surface area (TPSA) is 85.0 Å². The van der Waals surface area contributed by atoms with E-state index in [0.29, 0.717) is 23.2 Å². The second kappa shape index (κ2) is 6.36. The van der Waals surface area contributed by atoms with E-state index in [4.69, 9.17) is 10.5 Å². The minimum Gasteiger partial charge on any atom is -0.458 e. The lowest BCUT2D eigenvalue weighted by Crippen LogP contribution is -2.57. The maximum atomic E-state index is 12.8. The molecule has 2 bridgehead atoms. The summed E-state index contributed by atoms with van der Waals surface area (Å²) >= 11 is 0. The van der Waals surface area contributed by atoms with Crippen LogP contribution in [-0.4, -0.2) is 29.7 Å². The molecule has 2 N–H and O–H groups in total. The van der Waals surface area contributed by atoms with Crippen molar-refractivity contribution in [1.29, 1.82) is 0 Å². The fourth-order valence-electron chi connectivity index (χ4n) is 5.14. The number of anilines is 1. The van der Waals surface area contributed by atoms with Gasteiger partial charge in [0.25, 0.3) is 0 Å². The first kappa shape index (κ1) is 18.0. The minimum atomic E-state index is -0.661. The van der Waals surface area contributed by atoms with Gasteiger partial charge in [0.15, 0.2) is 0 Å². The van der Waals surface area contributed by atoms with E-state index in [1.54, 1.807) is 0 Å². The molecule has 1 aliphatic heterocycles. The summed E-state index contributed by atoms with van der Waals surface area (Å²) in [5.41, 5.74) is 6.89. The van der Waals surface area contributed by atoms with Crippen molar-refractivity contribution in [3.05, 3.63) is 30.3 Å². The van der Waals surface area contributed by atoms with Crippen molar-refractivity contribution in [1.82, 2.24) is 0 Å². The Balaban J connectivity index is 1.48. The number of benzene rings is 1. The fraction of sp³-hybridized carbons (Fsp3) is 0.571. The van der Waals surface area contributed by atoms with Gasteiger partial charge in [-0.25, -0.2) is 4.79 Å². The van der Waals surface area contributed by atoms with E-state index in [2.05, 4.69) is 25.9 Å². The highest BCUT2D eigenvalue weighted by Crippen LogP contribution is 2.61. The van der Waals surface area contributed by atoms with Crippen LogP contribution in [-0.2, 0) is 14.3 Å². The molecule has 27 heavy (non-hydrogen) atoms. The van der Waals surface area contributed by atoms with Gasteiger partial charge < -0.3 is 10.5 Å². The molecule has 3 aliphatic carbocycles. The minimum absolute atomic E-state index is 0.0743. The van der Waals surface area contributed by atoms with Gasteiger partial charge in [0.1, 0.15) is 17.9 Å². The van der Waals surface area contributed by atoms with Gasteiger partial charge in [0, 0.05) is 6.42 Å². The Labute approximate surface area is 159 Å². The maximum Gasteiger partial charge on any atom is 0.354 e. The third-order valence-corrected chi connectivity index (χ3v) is 7.04. The molecule has 6 nitrogen and oxygen atoms in total. The number of carbonyl (C=O) groups is 2. The van der Waals surface area contributed by atoms with Crippen LogP contribution in [0.25, 0.3) is 0 Å². The van der Waals surface area contributed by atoms with Crippen LogP contribution in [0.3, 0.4) is 0 Å². The Bertz CT molecular complexity index is 789. The molecule has 1 aromatic carbocycles. The molecular formula is C21H27N3O3. The number of rotatable bonds is 4. The van der Waals surface area contributed by atoms with Crippen molar-refractivity contribution < 1.29 is 14.3 Å². The quantitative estimate of drug-likeness (QED) is 0.827. The van der Waals surface area contributed by atoms with Crippen molar-refractivity contribution in [2.75, 3.05) is 5.01 Å². The second-order valence-corrected chi connectivity index (χ2v) is 8.75. The first-order valence-electron chi connectivity index (χ1n) is 9.71. The number of primary amides is 1. The van der Waals surface area contributed by atoms with Crippen LogP contribution in [0.1, 0.15) is 40.0 Å². The van der Waals surface area contributed by atoms with E-state index < -0.39 is 17.9 Å². The molecule has 5 atom stereocenters. The van der Waals surface area contributed by atoms with Crippen LogP contribution in [0.15, 0.2) is 35.4 Å². The van der Waals surface area contributed by atoms with Crippen LogP contribution in [0.4, 0.5) is 5.69 Å². The smallest absolute Gasteiger partial charge is 0.354 e. The molecule has 4 aliphatic rings. The van der Waals surface area contributed by atoms with E-state index in [9.17, 15) is 9.59 Å². The van der Waals surface area contributed by atoms with Gasteiger partial charge in [0.05, 0.1) is 5.69 Å². The van der Waals surface area contributed by atoms with Gasteiger partial charge in [-0.05, 0) is 48.1 Å². The molecule has 0 aromatic heterocycles. The first-order chi connectivity index (χ1) is 12.8. The number of amides is 1. The van der Waals surface area contributed by atoms with E-state index in [-0.39, 0.29) is 18.2 Å². The maximum absolute atomic E-state index is 12.8. The molecule has 0 saturated heterocycles. The Morgan fingerprint density at radius 1 is 1.22 bits per heavy atom. The lowest BCUT2D eigenvalue weighted by molar-refractivity contribution is -0.180. The molecule has 1 aromatic rings. The third kappa shape index (κ3) is 2.91. The summed E-state index contributed by atoms with van der Waals surface area (Å²) < 4.78 is 5.85. The number of ether oxygens (including phenoxy) is 1. The number of carbonyl (C=O) groups excluding carboxylic acids is 2. The molecule has 5 rings (SSSR count). The molecule has 1 heterocycles. The predicted molar refractivity (Wildman–Crippen MR) is 103 cm³/mol. The lowest BCUT2D eigenvalue weighted by atomic mass is 9.45. The average molecular weight is 369 g/mol. The molecular weight excluding hydrogens is 342 g/mol. The molecule has 5 unspecified atom stereocenters. The number of nitrogens with two attached hydrogens (primary N) is 1. The van der Waals surface area contributed by atoms with Crippen LogP contribution < -0.4 is 10.7 Å². The van der Waals surface area contributed by atoms with E-state index >= 15 is 0 Å². The molecule has 0 spiro atoms. The van der Waals surface area contributed by atoms with Crippen LogP contribution in [0, 0.1) is 23.2 Å². The standard InChI is InChI=1S/C21H27N3O3/c1-12-15-9-13(21(15,2)3)10-18(12)27-20(26)16-11-17(19(22)25)24(23-16)14-7-5-4-6-8-14/h4-8,12-13,15,17-18H,9-11H2,1-3H3,(H2,22,25). The molecule has 144 valence electrons. The molecule has 3 saturated carbocycles. The summed E-state index contributed by atoms with van der Waals surface area (Å²) in [5.74, 6) is 0.628. The van der Waals surface area contributed by atoms with Gasteiger partial charge in [-0.3, -0.25) is 9.80 Å². The SMILES string of the molecule is CC1C(OC(=O)C2=NN(c3ccccc3)C(C(N)=O)C2)CC2CC1C2(C)C. The highest BCUT2D eigenvalue weighted by atomic mass is 16.5. The Kier molecular flexibility index (Phi) is 4.24. The van der Waals surface area contributed by atoms with Crippen molar-refractivity contribution in [3.63, 3.8) is 0 Å². The molecule has 0 radical (unpaired) electrons. The molecule has 3 fully saturated rings. The molecule has 1 amide bonds. The van der Waals surface area contributed by atoms with Crippen molar-refractivity contribution in [2.24, 2.45) is 34.0 Å². The predicted octanol–water partition coefficient (Wildman–Crippen LogP) is 2.72. The van der Waals surface area contributed by atoms with Crippen LogP contribution >= 0.6 is 0 Å². The summed E-state index contributed by atoms with van der Waals surface area (Å²) in [6, 6.07) is 8.62. The highest BCUT2D eigenvalue weighted by Gasteiger charge is 2.57. The van der Waals surface area contributed by atoms with Crippen molar-refractivity contribution >= 4 is 23.3 Å². The zero-order chi connectivity index (χ0) is 19.3. The Morgan fingerprint density at radius 3 is 2.52 bits per heavy atom. The van der Waals surface area contributed by atoms with Gasteiger partial charge in [-0.2, -0.15) is 5.10 Å². The number of nitrogens with zero attached hydrogens (tertiary/aromatic N) is 2. The number of hydrogen-bond acceptors (Lipinski definition) is 5. The third-order valence-electron chi connectivity index (χ3n) is 7.04. The first-order valence-corrected chi connectivity index (χ1v) is 9.71. The number of para-hydroxylation sites is 1. The van der Waals surface area contributed by atoms with Crippen LogP contribution in [0.5, 0.6) is 0 Å². The number of hydrazone groups is 1. The second-order valence-electron chi connectivity index (χ2n) is 8.75. The van der Waals surface area contributed by atoms with Crippen LogP contribution in [0.2, 0.25) is 0 Å². The average Bonchev–Trinajstić information content (AvgIpc) is 3.09. The summed E-state index contributed by atoms with van der Waals surface area (Å²) in [6.45, 7) is 6.81. The Hall–Kier alpha value is -2.37. The van der Waals surface area contributed by atoms with Crippen molar-refractivity contribution in [2.45, 2.75) is 52.2 Å². The summed E-state index contributed by atoms with van der Waals surface area (Å²) in [6.07, 6.45) is 2.25.